The molecule has 0 heterocycles. The van der Waals surface area contributed by atoms with Crippen LogP contribution in [0.2, 0.25) is 0 Å². The lowest BCUT2D eigenvalue weighted by Crippen LogP contribution is -2.15. The summed E-state index contributed by atoms with van der Waals surface area (Å²) in [7, 11) is 7.14. The smallest absolute Gasteiger partial charge is 0.285 e. The zero-order chi connectivity index (χ0) is 61.7. The number of unbranched alkanes of at least 4 members (excludes halogenated alkanes) is 18. The van der Waals surface area contributed by atoms with Gasteiger partial charge in [-0.05, 0) is 219 Å². The summed E-state index contributed by atoms with van der Waals surface area (Å²) >= 11 is 2.48. The zero-order valence-electron chi connectivity index (χ0n) is 54.8. The van der Waals surface area contributed by atoms with Crippen molar-refractivity contribution in [3.8, 4) is 47.4 Å². The first-order valence-electron chi connectivity index (χ1n) is 33.4. The van der Waals surface area contributed by atoms with Gasteiger partial charge in [0.2, 0.25) is 0 Å². The largest absolute Gasteiger partial charge is 0.339 e. The molecular formula is C80H104N2O2S2. The van der Waals surface area contributed by atoms with Crippen LogP contribution in [0, 0.1) is 47.4 Å². The molecular weight excluding hydrogens is 1090 g/mol. The highest BCUT2D eigenvalue weighted by Crippen LogP contribution is 2.28. The van der Waals surface area contributed by atoms with Crippen molar-refractivity contribution in [1.82, 2.24) is 9.80 Å². The summed E-state index contributed by atoms with van der Waals surface area (Å²) in [5, 5.41) is 0.0285. The van der Waals surface area contributed by atoms with E-state index in [9.17, 15) is 9.59 Å². The standard InChI is InChI=1S/C80H104N2O2S2/c1-11-17-23-29-35-65-59-73(67(37-31-25-19-13-3)57-71(65)47-41-63-43-53-77(54-44-63)85-79(83)81(7)8)49-51-75-61-70(40-34-28-22-16-6)76(62-69(75)39-33-27-21-15-5)52-50-74-60-66(36-30-24-18-12-2)72(58-68(74)38-32-26-20-14-4)48-42-64-45-55-78(56-46-64)86-80(84)82(9)10/h43-46,53-62H,11-40H2,1-10H3. The van der Waals surface area contributed by atoms with Crippen LogP contribution in [0.15, 0.2) is 94.7 Å². The molecule has 0 fully saturated rings. The van der Waals surface area contributed by atoms with E-state index < -0.39 is 0 Å². The molecule has 0 unspecified atom stereocenters. The Morgan fingerprint density at radius 3 is 0.674 bits per heavy atom. The molecule has 0 aromatic heterocycles. The molecule has 5 aromatic carbocycles. The summed E-state index contributed by atoms with van der Waals surface area (Å²) in [6.45, 7) is 13.7. The number of rotatable bonds is 32. The summed E-state index contributed by atoms with van der Waals surface area (Å²) in [6.07, 6.45) is 34.4. The predicted octanol–water partition coefficient (Wildman–Crippen LogP) is 21.6. The Labute approximate surface area is 532 Å². The molecule has 0 radical (unpaired) electrons. The molecule has 5 aromatic rings. The molecule has 0 aliphatic rings. The number of aryl methyl sites for hydroxylation is 6. The van der Waals surface area contributed by atoms with Crippen molar-refractivity contribution in [3.05, 3.63) is 163 Å². The molecule has 0 bridgehead atoms. The third-order valence-electron chi connectivity index (χ3n) is 16.0. The van der Waals surface area contributed by atoms with Crippen LogP contribution in [0.5, 0.6) is 0 Å². The van der Waals surface area contributed by atoms with Crippen LogP contribution >= 0.6 is 23.5 Å². The summed E-state index contributed by atoms with van der Waals surface area (Å²) < 4.78 is 0. The first-order chi connectivity index (χ1) is 41.9. The number of nitrogens with zero attached hydrogens (tertiary/aromatic N) is 2. The number of thioether (sulfide) groups is 2. The van der Waals surface area contributed by atoms with Gasteiger partial charge in [-0.25, -0.2) is 0 Å². The first-order valence-corrected chi connectivity index (χ1v) is 35.1. The number of hydrogen-bond acceptors (Lipinski definition) is 4. The molecule has 4 nitrogen and oxygen atoms in total. The van der Waals surface area contributed by atoms with Gasteiger partial charge in [0, 0.05) is 82.5 Å². The molecule has 458 valence electrons. The average molecular weight is 1190 g/mol. The molecule has 0 atom stereocenters. The van der Waals surface area contributed by atoms with E-state index in [-0.39, 0.29) is 10.5 Å². The van der Waals surface area contributed by atoms with Crippen molar-refractivity contribution in [3.63, 3.8) is 0 Å². The maximum absolute atomic E-state index is 12.4. The van der Waals surface area contributed by atoms with E-state index >= 15 is 0 Å². The monoisotopic (exact) mass is 1190 g/mol. The van der Waals surface area contributed by atoms with Crippen LogP contribution < -0.4 is 0 Å². The van der Waals surface area contributed by atoms with Crippen LogP contribution in [0.3, 0.4) is 0 Å². The Morgan fingerprint density at radius 1 is 0.291 bits per heavy atom. The van der Waals surface area contributed by atoms with Gasteiger partial charge in [0.15, 0.2) is 0 Å². The maximum atomic E-state index is 12.4. The number of carbonyl (C=O) groups excluding carboxylic acids is 2. The fraction of sp³-hybridized carbons (Fsp3) is 0.500. The summed E-state index contributed by atoms with van der Waals surface area (Å²) in [4.78, 5) is 29.9. The molecule has 0 saturated heterocycles. The lowest BCUT2D eigenvalue weighted by atomic mass is 9.90. The SMILES string of the molecule is CCCCCCc1cc(C#Cc2cc(CCCCCC)c(C#Cc3cc(CCCCCC)c(C#Cc4ccc(SC(=O)N(C)C)cc4)cc3CCCCCC)cc2CCCCCC)c(CCCCCC)cc1C#Cc1ccc(SC(=O)N(C)C)cc1. The second-order valence-electron chi connectivity index (χ2n) is 23.9. The van der Waals surface area contributed by atoms with Gasteiger partial charge in [-0.1, -0.05) is 204 Å². The number of benzene rings is 5. The van der Waals surface area contributed by atoms with Gasteiger partial charge in [-0.3, -0.25) is 9.59 Å². The minimum atomic E-state index is 0.0143. The van der Waals surface area contributed by atoms with Crippen LogP contribution in [0.1, 0.15) is 274 Å². The number of amides is 2. The molecule has 0 saturated carbocycles. The quantitative estimate of drug-likeness (QED) is 0.0244. The molecule has 2 amide bonds. The Balaban J connectivity index is 1.67. The molecule has 5 rings (SSSR count). The van der Waals surface area contributed by atoms with Crippen molar-refractivity contribution in [2.24, 2.45) is 0 Å². The summed E-state index contributed by atoms with van der Waals surface area (Å²) in [6, 6.07) is 30.6. The van der Waals surface area contributed by atoms with E-state index in [0.717, 1.165) is 131 Å². The van der Waals surface area contributed by atoms with Crippen molar-refractivity contribution in [2.45, 2.75) is 244 Å². The average Bonchev–Trinajstić information content (AvgIpc) is 3.54. The fourth-order valence-electron chi connectivity index (χ4n) is 10.6. The molecule has 0 aliphatic heterocycles. The van der Waals surface area contributed by atoms with E-state index in [1.54, 1.807) is 38.0 Å². The Hall–Kier alpha value is -6.02. The Bertz CT molecular complexity index is 2920. The highest BCUT2D eigenvalue weighted by molar-refractivity contribution is 8.13. The number of carbonyl (C=O) groups is 2. The van der Waals surface area contributed by atoms with Crippen molar-refractivity contribution >= 4 is 34.0 Å². The first kappa shape index (κ1) is 70.7. The van der Waals surface area contributed by atoms with Gasteiger partial charge in [0.05, 0.1) is 0 Å². The van der Waals surface area contributed by atoms with Gasteiger partial charge >= 0.3 is 0 Å². The third kappa shape index (κ3) is 25.7. The van der Waals surface area contributed by atoms with Gasteiger partial charge in [-0.15, -0.1) is 0 Å². The molecule has 86 heavy (non-hydrogen) atoms. The lowest BCUT2D eigenvalue weighted by molar-refractivity contribution is 0.240. The molecule has 0 aliphatic carbocycles. The van der Waals surface area contributed by atoms with Gasteiger partial charge in [0.1, 0.15) is 0 Å². The second-order valence-corrected chi connectivity index (χ2v) is 26.0. The van der Waals surface area contributed by atoms with Gasteiger partial charge in [0.25, 0.3) is 10.5 Å². The second kappa shape index (κ2) is 41.2. The van der Waals surface area contributed by atoms with Crippen molar-refractivity contribution < 1.29 is 9.59 Å². The van der Waals surface area contributed by atoms with E-state index in [2.05, 4.69) is 125 Å². The van der Waals surface area contributed by atoms with Crippen molar-refractivity contribution in [2.75, 3.05) is 28.2 Å². The number of hydrogen-bond donors (Lipinski definition) is 0. The highest BCUT2D eigenvalue weighted by atomic mass is 32.2. The Morgan fingerprint density at radius 2 is 0.488 bits per heavy atom. The fourth-order valence-corrected chi connectivity index (χ4v) is 11.9. The van der Waals surface area contributed by atoms with E-state index in [1.807, 2.05) is 48.5 Å². The summed E-state index contributed by atoms with van der Waals surface area (Å²) in [5.41, 5.74) is 16.5. The highest BCUT2D eigenvalue weighted by Gasteiger charge is 2.15. The van der Waals surface area contributed by atoms with Gasteiger partial charge in [-0.2, -0.15) is 0 Å². The molecule has 0 N–H and O–H groups in total. The minimum Gasteiger partial charge on any atom is -0.339 e. The maximum Gasteiger partial charge on any atom is 0.285 e. The molecule has 0 spiro atoms. The van der Waals surface area contributed by atoms with E-state index in [4.69, 9.17) is 0 Å². The lowest BCUT2D eigenvalue weighted by Gasteiger charge is -2.14. The van der Waals surface area contributed by atoms with E-state index in [1.165, 1.54) is 172 Å². The van der Waals surface area contributed by atoms with E-state index in [0.29, 0.717) is 0 Å². The van der Waals surface area contributed by atoms with Crippen LogP contribution in [-0.2, 0) is 38.5 Å². The van der Waals surface area contributed by atoms with Gasteiger partial charge < -0.3 is 9.80 Å². The van der Waals surface area contributed by atoms with Crippen LogP contribution in [0.4, 0.5) is 9.59 Å². The normalized spacial score (nSPS) is 10.7. The predicted molar refractivity (Wildman–Crippen MR) is 373 cm³/mol. The Kier molecular flexibility index (Phi) is 33.9. The summed E-state index contributed by atoms with van der Waals surface area (Å²) in [5.74, 6) is 29.9. The molecule has 6 heteroatoms. The zero-order valence-corrected chi connectivity index (χ0v) is 56.5. The van der Waals surface area contributed by atoms with Crippen LogP contribution in [0.25, 0.3) is 0 Å². The minimum absolute atomic E-state index is 0.0143. The topological polar surface area (TPSA) is 40.6 Å². The third-order valence-corrected chi connectivity index (χ3v) is 18.1. The van der Waals surface area contributed by atoms with Crippen LogP contribution in [-0.4, -0.2) is 48.5 Å². The van der Waals surface area contributed by atoms with Crippen molar-refractivity contribution in [1.29, 1.82) is 0 Å².